The highest BCUT2D eigenvalue weighted by molar-refractivity contribution is 7.71. The molecule has 4 nitrogen and oxygen atoms in total. The number of benzene rings is 1. The molecule has 2 aromatic rings. The normalized spacial score (nSPS) is 11.9. The van der Waals surface area contributed by atoms with E-state index >= 15 is 0 Å². The third-order valence-corrected chi connectivity index (χ3v) is 4.55. The summed E-state index contributed by atoms with van der Waals surface area (Å²) in [5, 5.41) is 5.43. The number of hydrogen-bond donors (Lipinski definition) is 0. The molecule has 0 saturated carbocycles. The first-order valence-corrected chi connectivity index (χ1v) is 9.19. The summed E-state index contributed by atoms with van der Waals surface area (Å²) < 4.78 is 4.54. The van der Waals surface area contributed by atoms with Crippen molar-refractivity contribution in [3.8, 4) is 11.4 Å². The molecule has 0 unspecified atom stereocenters. The molecule has 0 aliphatic heterocycles. The van der Waals surface area contributed by atoms with Crippen LogP contribution in [0.3, 0.4) is 0 Å². The van der Waals surface area contributed by atoms with Gasteiger partial charge in [0.2, 0.25) is 0 Å². The highest BCUT2D eigenvalue weighted by Gasteiger charge is 2.16. The third kappa shape index (κ3) is 4.68. The van der Waals surface area contributed by atoms with Crippen LogP contribution in [0.4, 0.5) is 0 Å². The van der Waals surface area contributed by atoms with Crippen molar-refractivity contribution in [2.24, 2.45) is 18.9 Å². The van der Waals surface area contributed by atoms with Crippen LogP contribution in [-0.2, 0) is 13.7 Å². The highest BCUT2D eigenvalue weighted by Crippen LogP contribution is 2.26. The van der Waals surface area contributed by atoms with Crippen LogP contribution in [0.15, 0.2) is 24.3 Å². The van der Waals surface area contributed by atoms with Gasteiger partial charge in [-0.3, -0.25) is 4.90 Å². The van der Waals surface area contributed by atoms with Crippen molar-refractivity contribution < 1.29 is 0 Å². The van der Waals surface area contributed by atoms with Crippen molar-refractivity contribution in [1.82, 2.24) is 19.2 Å². The van der Waals surface area contributed by atoms with E-state index in [1.54, 1.807) is 0 Å². The van der Waals surface area contributed by atoms with Crippen LogP contribution >= 0.6 is 23.8 Å². The molecule has 0 bridgehead atoms. The van der Waals surface area contributed by atoms with E-state index in [1.807, 2.05) is 40.6 Å². The third-order valence-electron chi connectivity index (χ3n) is 3.74. The van der Waals surface area contributed by atoms with Gasteiger partial charge in [0.25, 0.3) is 0 Å². The van der Waals surface area contributed by atoms with Gasteiger partial charge < -0.3 is 4.57 Å². The van der Waals surface area contributed by atoms with Gasteiger partial charge in [0, 0.05) is 25.7 Å². The van der Waals surface area contributed by atoms with Gasteiger partial charge in [0.15, 0.2) is 10.6 Å². The maximum absolute atomic E-state index is 6.33. The number of rotatable bonds is 7. The van der Waals surface area contributed by atoms with Crippen LogP contribution in [0.2, 0.25) is 5.02 Å². The van der Waals surface area contributed by atoms with Gasteiger partial charge in [-0.1, -0.05) is 51.4 Å². The summed E-state index contributed by atoms with van der Waals surface area (Å²) in [6, 6.07) is 7.74. The second-order valence-electron chi connectivity index (χ2n) is 7.11. The van der Waals surface area contributed by atoms with E-state index in [0.717, 1.165) is 24.5 Å². The summed E-state index contributed by atoms with van der Waals surface area (Å²) >= 11 is 11.9. The second-order valence-corrected chi connectivity index (χ2v) is 7.88. The molecule has 0 fully saturated rings. The van der Waals surface area contributed by atoms with Crippen LogP contribution in [0, 0.1) is 16.6 Å². The molecule has 0 amide bonds. The van der Waals surface area contributed by atoms with E-state index < -0.39 is 0 Å². The first-order valence-electron chi connectivity index (χ1n) is 8.40. The molecule has 1 heterocycles. The molecule has 0 atom stereocenters. The van der Waals surface area contributed by atoms with E-state index in [4.69, 9.17) is 28.9 Å². The molecule has 1 aromatic carbocycles. The molecule has 1 aromatic heterocycles. The summed E-state index contributed by atoms with van der Waals surface area (Å²) in [5.74, 6) is 2.01. The topological polar surface area (TPSA) is 26.0 Å². The summed E-state index contributed by atoms with van der Waals surface area (Å²) in [5.41, 5.74) is 0.908. The molecular formula is C18H27ClN4S. The quantitative estimate of drug-likeness (QED) is 0.655. The van der Waals surface area contributed by atoms with Gasteiger partial charge in [-0.25, -0.2) is 4.68 Å². The molecular weight excluding hydrogens is 340 g/mol. The number of aromatic nitrogens is 3. The summed E-state index contributed by atoms with van der Waals surface area (Å²) in [6.45, 7) is 11.7. The highest BCUT2D eigenvalue weighted by atomic mass is 35.5. The molecule has 0 radical (unpaired) electrons. The van der Waals surface area contributed by atoms with Crippen LogP contribution in [-0.4, -0.2) is 32.3 Å². The Bertz CT molecular complexity index is 723. The maximum atomic E-state index is 6.33. The Morgan fingerprint density at radius 2 is 1.71 bits per heavy atom. The fraction of sp³-hybridized carbons (Fsp3) is 0.556. The predicted octanol–water partition coefficient (Wildman–Crippen LogP) is 4.84. The Morgan fingerprint density at radius 1 is 1.12 bits per heavy atom. The van der Waals surface area contributed by atoms with Gasteiger partial charge in [0.1, 0.15) is 0 Å². The minimum Gasteiger partial charge on any atom is -0.303 e. The SMILES string of the molecule is CC(C)CN(CC(C)C)Cn1nc(-c2ccccc2Cl)n(C)c1=S. The molecule has 0 aliphatic carbocycles. The van der Waals surface area contributed by atoms with Crippen molar-refractivity contribution in [3.63, 3.8) is 0 Å². The first kappa shape index (κ1) is 19.2. The minimum atomic E-state index is 0.602. The lowest BCUT2D eigenvalue weighted by Crippen LogP contribution is -2.33. The molecule has 132 valence electrons. The van der Waals surface area contributed by atoms with Gasteiger partial charge in [0.05, 0.1) is 11.7 Å². The van der Waals surface area contributed by atoms with E-state index in [9.17, 15) is 0 Å². The average molecular weight is 367 g/mol. The fourth-order valence-electron chi connectivity index (χ4n) is 2.87. The molecule has 0 saturated heterocycles. The Labute approximate surface area is 155 Å². The summed E-state index contributed by atoms with van der Waals surface area (Å²) in [7, 11) is 1.94. The van der Waals surface area contributed by atoms with Gasteiger partial charge in [-0.05, 0) is 36.2 Å². The summed E-state index contributed by atoms with van der Waals surface area (Å²) in [4.78, 5) is 2.41. The number of hydrogen-bond acceptors (Lipinski definition) is 3. The lowest BCUT2D eigenvalue weighted by Gasteiger charge is -2.25. The summed E-state index contributed by atoms with van der Waals surface area (Å²) in [6.07, 6.45) is 0. The Kier molecular flexibility index (Phi) is 6.61. The molecule has 24 heavy (non-hydrogen) atoms. The van der Waals surface area contributed by atoms with Crippen molar-refractivity contribution in [2.45, 2.75) is 34.4 Å². The lowest BCUT2D eigenvalue weighted by molar-refractivity contribution is 0.165. The van der Waals surface area contributed by atoms with Crippen LogP contribution < -0.4 is 0 Å². The van der Waals surface area contributed by atoms with Crippen LogP contribution in [0.1, 0.15) is 27.7 Å². The van der Waals surface area contributed by atoms with E-state index in [-0.39, 0.29) is 0 Å². The first-order chi connectivity index (χ1) is 11.3. The molecule has 2 rings (SSSR count). The molecule has 0 N–H and O–H groups in total. The Morgan fingerprint density at radius 3 is 2.25 bits per heavy atom. The van der Waals surface area contributed by atoms with Crippen molar-refractivity contribution >= 4 is 23.8 Å². The monoisotopic (exact) mass is 366 g/mol. The molecule has 0 aliphatic rings. The average Bonchev–Trinajstić information content (AvgIpc) is 2.75. The van der Waals surface area contributed by atoms with Crippen LogP contribution in [0.5, 0.6) is 0 Å². The Hall–Kier alpha value is -1.17. The van der Waals surface area contributed by atoms with Gasteiger partial charge in [-0.2, -0.15) is 5.10 Å². The Balaban J connectivity index is 2.33. The van der Waals surface area contributed by atoms with E-state index in [0.29, 0.717) is 28.3 Å². The van der Waals surface area contributed by atoms with Crippen LogP contribution in [0.25, 0.3) is 11.4 Å². The molecule has 0 spiro atoms. The van der Waals surface area contributed by atoms with Gasteiger partial charge in [-0.15, -0.1) is 0 Å². The number of nitrogens with zero attached hydrogens (tertiary/aromatic N) is 4. The van der Waals surface area contributed by atoms with Crippen molar-refractivity contribution in [1.29, 1.82) is 0 Å². The largest absolute Gasteiger partial charge is 0.303 e. The predicted molar refractivity (Wildman–Crippen MR) is 104 cm³/mol. The standard InChI is InChI=1S/C18H27ClN4S/c1-13(2)10-22(11-14(3)4)12-23-18(24)21(5)17(20-23)15-8-6-7-9-16(15)19/h6-9,13-14H,10-12H2,1-5H3. The fourth-order valence-corrected chi connectivity index (χ4v) is 3.27. The van der Waals surface area contributed by atoms with Gasteiger partial charge >= 0.3 is 0 Å². The minimum absolute atomic E-state index is 0.602. The molecule has 6 heteroatoms. The van der Waals surface area contributed by atoms with Crippen molar-refractivity contribution in [3.05, 3.63) is 34.1 Å². The van der Waals surface area contributed by atoms with Crippen molar-refractivity contribution in [2.75, 3.05) is 13.1 Å². The lowest BCUT2D eigenvalue weighted by atomic mass is 10.1. The maximum Gasteiger partial charge on any atom is 0.199 e. The van der Waals surface area contributed by atoms with E-state index in [2.05, 4.69) is 32.6 Å². The second kappa shape index (κ2) is 8.28. The van der Waals surface area contributed by atoms with E-state index in [1.165, 1.54) is 0 Å². The zero-order chi connectivity index (χ0) is 17.9. The zero-order valence-corrected chi connectivity index (χ0v) is 16.7. The smallest absolute Gasteiger partial charge is 0.199 e. The zero-order valence-electron chi connectivity index (χ0n) is 15.2. The number of halogens is 1.